The Morgan fingerprint density at radius 2 is 1.79 bits per heavy atom. The lowest BCUT2D eigenvalue weighted by atomic mass is 9.88. The fraction of sp³-hybridized carbons (Fsp3) is 1.00. The van der Waals surface area contributed by atoms with Gasteiger partial charge >= 0.3 is 0 Å². The molecule has 0 saturated heterocycles. The van der Waals surface area contributed by atoms with Crippen molar-refractivity contribution in [3.05, 3.63) is 0 Å². The van der Waals surface area contributed by atoms with E-state index < -0.39 is 0 Å². The van der Waals surface area contributed by atoms with E-state index in [1.165, 1.54) is 32.1 Å². The summed E-state index contributed by atoms with van der Waals surface area (Å²) in [7, 11) is 0. The first-order valence-electron chi connectivity index (χ1n) is 5.89. The van der Waals surface area contributed by atoms with Crippen molar-refractivity contribution < 1.29 is 4.74 Å². The van der Waals surface area contributed by atoms with Crippen molar-refractivity contribution in [2.24, 2.45) is 11.1 Å². The van der Waals surface area contributed by atoms with E-state index in [1.54, 1.807) is 0 Å². The standard InChI is InChI=1S/C12H25NO/c1-12(2,3)11(9-13)14-10-7-5-4-6-8-10/h10-11H,4-9,13H2,1-3H3. The third-order valence-corrected chi connectivity index (χ3v) is 3.09. The summed E-state index contributed by atoms with van der Waals surface area (Å²) < 4.78 is 6.08. The van der Waals surface area contributed by atoms with Crippen LogP contribution in [0.15, 0.2) is 0 Å². The van der Waals surface area contributed by atoms with Crippen molar-refractivity contribution in [2.45, 2.75) is 65.1 Å². The summed E-state index contributed by atoms with van der Waals surface area (Å²) in [6.45, 7) is 7.24. The summed E-state index contributed by atoms with van der Waals surface area (Å²) >= 11 is 0. The molecular weight excluding hydrogens is 174 g/mol. The third-order valence-electron chi connectivity index (χ3n) is 3.09. The van der Waals surface area contributed by atoms with Crippen molar-refractivity contribution >= 4 is 0 Å². The molecule has 1 aliphatic rings. The maximum atomic E-state index is 6.08. The van der Waals surface area contributed by atoms with Gasteiger partial charge in [0.2, 0.25) is 0 Å². The van der Waals surface area contributed by atoms with E-state index in [1.807, 2.05) is 0 Å². The number of hydrogen-bond donors (Lipinski definition) is 1. The van der Waals surface area contributed by atoms with Crippen molar-refractivity contribution in [1.82, 2.24) is 0 Å². The lowest BCUT2D eigenvalue weighted by molar-refractivity contribution is -0.0730. The van der Waals surface area contributed by atoms with Crippen LogP contribution in [0.3, 0.4) is 0 Å². The SMILES string of the molecule is CC(C)(C)C(CN)OC1CCCCC1. The van der Waals surface area contributed by atoms with E-state index in [2.05, 4.69) is 20.8 Å². The first-order valence-corrected chi connectivity index (χ1v) is 5.89. The Morgan fingerprint density at radius 1 is 1.21 bits per heavy atom. The molecule has 2 nitrogen and oxygen atoms in total. The molecule has 0 aromatic heterocycles. The second-order valence-electron chi connectivity index (χ2n) is 5.49. The number of nitrogens with two attached hydrogens (primary N) is 1. The highest BCUT2D eigenvalue weighted by Gasteiger charge is 2.27. The van der Waals surface area contributed by atoms with Gasteiger partial charge in [0, 0.05) is 6.54 Å². The second kappa shape index (κ2) is 5.13. The zero-order valence-corrected chi connectivity index (χ0v) is 9.88. The Labute approximate surface area is 88.2 Å². The Hall–Kier alpha value is -0.0800. The Kier molecular flexibility index (Phi) is 4.39. The van der Waals surface area contributed by atoms with Gasteiger partial charge in [0.05, 0.1) is 12.2 Å². The van der Waals surface area contributed by atoms with Crippen LogP contribution in [-0.2, 0) is 4.74 Å². The molecule has 0 bridgehead atoms. The highest BCUT2D eigenvalue weighted by Crippen LogP contribution is 2.27. The minimum Gasteiger partial charge on any atom is -0.373 e. The molecule has 1 fully saturated rings. The topological polar surface area (TPSA) is 35.2 Å². The summed E-state index contributed by atoms with van der Waals surface area (Å²) in [4.78, 5) is 0. The van der Waals surface area contributed by atoms with Gasteiger partial charge in [-0.15, -0.1) is 0 Å². The van der Waals surface area contributed by atoms with Crippen molar-refractivity contribution in [3.8, 4) is 0 Å². The molecular formula is C12H25NO. The largest absolute Gasteiger partial charge is 0.373 e. The molecule has 0 aromatic rings. The maximum Gasteiger partial charge on any atom is 0.0749 e. The summed E-state index contributed by atoms with van der Waals surface area (Å²) in [5.74, 6) is 0. The smallest absolute Gasteiger partial charge is 0.0749 e. The summed E-state index contributed by atoms with van der Waals surface area (Å²) in [5, 5.41) is 0. The van der Waals surface area contributed by atoms with E-state index in [0.717, 1.165) is 0 Å². The van der Waals surface area contributed by atoms with Crippen LogP contribution in [0.4, 0.5) is 0 Å². The normalized spacial score (nSPS) is 22.3. The minimum atomic E-state index is 0.173. The molecule has 2 N–H and O–H groups in total. The Bertz CT molecular complexity index is 156. The molecule has 0 aromatic carbocycles. The van der Waals surface area contributed by atoms with E-state index in [9.17, 15) is 0 Å². The van der Waals surface area contributed by atoms with Gasteiger partial charge in [-0.1, -0.05) is 40.0 Å². The third kappa shape index (κ3) is 3.58. The molecule has 84 valence electrons. The van der Waals surface area contributed by atoms with Gasteiger partial charge in [-0.2, -0.15) is 0 Å². The summed E-state index contributed by atoms with van der Waals surface area (Å²) in [5.41, 5.74) is 5.92. The number of hydrogen-bond acceptors (Lipinski definition) is 2. The minimum absolute atomic E-state index is 0.173. The van der Waals surface area contributed by atoms with Gasteiger partial charge in [-0.3, -0.25) is 0 Å². The van der Waals surface area contributed by atoms with Crippen molar-refractivity contribution in [3.63, 3.8) is 0 Å². The van der Waals surface area contributed by atoms with Gasteiger partial charge in [0.1, 0.15) is 0 Å². The second-order valence-corrected chi connectivity index (χ2v) is 5.49. The average Bonchev–Trinajstić information content (AvgIpc) is 2.14. The highest BCUT2D eigenvalue weighted by atomic mass is 16.5. The molecule has 1 rings (SSSR count). The van der Waals surface area contributed by atoms with Gasteiger partial charge in [0.25, 0.3) is 0 Å². The number of ether oxygens (including phenoxy) is 1. The molecule has 2 heteroatoms. The molecule has 1 atom stereocenters. The van der Waals surface area contributed by atoms with Gasteiger partial charge in [-0.05, 0) is 18.3 Å². The molecule has 1 aliphatic carbocycles. The van der Waals surface area contributed by atoms with Crippen LogP contribution in [0, 0.1) is 5.41 Å². The van der Waals surface area contributed by atoms with E-state index in [0.29, 0.717) is 12.6 Å². The zero-order chi connectivity index (χ0) is 10.6. The quantitative estimate of drug-likeness (QED) is 0.758. The van der Waals surface area contributed by atoms with E-state index >= 15 is 0 Å². The molecule has 1 unspecified atom stereocenters. The number of rotatable bonds is 3. The fourth-order valence-electron chi connectivity index (χ4n) is 2.05. The molecule has 0 radical (unpaired) electrons. The molecule has 0 amide bonds. The first-order chi connectivity index (χ1) is 6.54. The predicted octanol–water partition coefficient (Wildman–Crippen LogP) is 2.71. The molecule has 0 spiro atoms. The van der Waals surface area contributed by atoms with E-state index in [4.69, 9.17) is 10.5 Å². The van der Waals surface area contributed by atoms with Gasteiger partial charge in [0.15, 0.2) is 0 Å². The van der Waals surface area contributed by atoms with Crippen molar-refractivity contribution in [2.75, 3.05) is 6.54 Å². The fourth-order valence-corrected chi connectivity index (χ4v) is 2.05. The highest BCUT2D eigenvalue weighted by molar-refractivity contribution is 4.78. The van der Waals surface area contributed by atoms with Crippen LogP contribution in [0.5, 0.6) is 0 Å². The Morgan fingerprint density at radius 3 is 2.21 bits per heavy atom. The van der Waals surface area contributed by atoms with Crippen LogP contribution in [0.1, 0.15) is 52.9 Å². The van der Waals surface area contributed by atoms with E-state index in [-0.39, 0.29) is 11.5 Å². The van der Waals surface area contributed by atoms with Crippen molar-refractivity contribution in [1.29, 1.82) is 0 Å². The van der Waals surface area contributed by atoms with Crippen LogP contribution < -0.4 is 5.73 Å². The predicted molar refractivity (Wildman–Crippen MR) is 60.3 cm³/mol. The average molecular weight is 199 g/mol. The Balaban J connectivity index is 2.39. The first kappa shape index (κ1) is 12.0. The van der Waals surface area contributed by atoms with Gasteiger partial charge in [-0.25, -0.2) is 0 Å². The van der Waals surface area contributed by atoms with Crippen LogP contribution in [0.25, 0.3) is 0 Å². The van der Waals surface area contributed by atoms with Crippen LogP contribution >= 0.6 is 0 Å². The maximum absolute atomic E-state index is 6.08. The van der Waals surface area contributed by atoms with Gasteiger partial charge < -0.3 is 10.5 Å². The molecule has 0 heterocycles. The van der Waals surface area contributed by atoms with Crippen LogP contribution in [-0.4, -0.2) is 18.8 Å². The molecule has 14 heavy (non-hydrogen) atoms. The zero-order valence-electron chi connectivity index (χ0n) is 9.88. The lowest BCUT2D eigenvalue weighted by Gasteiger charge is -2.34. The molecule has 1 saturated carbocycles. The van der Waals surface area contributed by atoms with Crippen LogP contribution in [0.2, 0.25) is 0 Å². The monoisotopic (exact) mass is 199 g/mol. The lowest BCUT2D eigenvalue weighted by Crippen LogP contribution is -2.39. The molecule has 0 aliphatic heterocycles. The summed E-state index contributed by atoms with van der Waals surface area (Å²) in [6, 6.07) is 0. The summed E-state index contributed by atoms with van der Waals surface area (Å²) in [6.07, 6.45) is 7.17.